The second-order valence-electron chi connectivity index (χ2n) is 3.74. The zero-order chi connectivity index (χ0) is 12.8. The Morgan fingerprint density at radius 3 is 2.61 bits per heavy atom. The molecule has 0 N–H and O–H groups in total. The highest BCUT2D eigenvalue weighted by atomic mass is 35.6. The summed E-state index contributed by atoms with van der Waals surface area (Å²) in [5.41, 5.74) is 1.96. The van der Waals surface area contributed by atoms with Crippen LogP contribution in [0.25, 0.3) is 11.4 Å². The summed E-state index contributed by atoms with van der Waals surface area (Å²) >= 11 is 17.2. The van der Waals surface area contributed by atoms with Crippen LogP contribution in [0.4, 0.5) is 0 Å². The number of hydrogen-bond acceptors (Lipinski definition) is 4. The van der Waals surface area contributed by atoms with Gasteiger partial charge in [0.25, 0.3) is 0 Å². The van der Waals surface area contributed by atoms with E-state index in [0.29, 0.717) is 12.4 Å². The first kappa shape index (κ1) is 12.0. The predicted octanol–water partition coefficient (Wildman–Crippen LogP) is 3.26. The lowest BCUT2D eigenvalue weighted by Gasteiger charge is -2.20. The van der Waals surface area contributed by atoms with Crippen LogP contribution in [0.3, 0.4) is 0 Å². The largest absolute Gasteiger partial charge is 0.488 e. The van der Waals surface area contributed by atoms with Crippen molar-refractivity contribution in [1.29, 1.82) is 0 Å². The first-order valence-corrected chi connectivity index (χ1v) is 6.20. The molecule has 0 unspecified atom stereocenters. The molecule has 0 spiro atoms. The summed E-state index contributed by atoms with van der Waals surface area (Å²) in [6.45, 7) is 0.645. The molecule has 0 amide bonds. The zero-order valence-electron chi connectivity index (χ0n) is 8.90. The molecule has 0 saturated carbocycles. The summed E-state index contributed by atoms with van der Waals surface area (Å²) in [6.07, 6.45) is 1.32. The fourth-order valence-electron chi connectivity index (χ4n) is 1.59. The number of rotatable bonds is 1. The maximum absolute atomic E-state index is 5.74. The van der Waals surface area contributed by atoms with Gasteiger partial charge in [-0.1, -0.05) is 46.9 Å². The first-order valence-electron chi connectivity index (χ1n) is 5.06. The van der Waals surface area contributed by atoms with Gasteiger partial charge in [-0.2, -0.15) is 0 Å². The van der Waals surface area contributed by atoms with E-state index < -0.39 is 3.79 Å². The fraction of sp³-hybridized carbons (Fsp3) is 0.182. The van der Waals surface area contributed by atoms with Crippen LogP contribution in [0.1, 0.15) is 11.4 Å². The molecule has 0 fully saturated rings. The number of alkyl halides is 3. The maximum atomic E-state index is 5.74. The molecule has 0 aliphatic carbocycles. The van der Waals surface area contributed by atoms with Crippen molar-refractivity contribution in [3.63, 3.8) is 0 Å². The second-order valence-corrected chi connectivity index (χ2v) is 6.02. The lowest BCUT2D eigenvalue weighted by Crippen LogP contribution is -2.10. The number of aromatic nitrogens is 3. The summed E-state index contributed by atoms with van der Waals surface area (Å²) in [6, 6.07) is 5.72. The normalized spacial score (nSPS) is 13.5. The van der Waals surface area contributed by atoms with Crippen molar-refractivity contribution < 1.29 is 4.74 Å². The van der Waals surface area contributed by atoms with E-state index in [1.54, 1.807) is 0 Å². The molecule has 18 heavy (non-hydrogen) atoms. The van der Waals surface area contributed by atoms with Crippen LogP contribution in [0.2, 0.25) is 0 Å². The van der Waals surface area contributed by atoms with E-state index >= 15 is 0 Å². The number of fused-ring (bicyclic) bond motifs is 1. The molecule has 1 aliphatic rings. The number of nitrogens with zero attached hydrogens (tertiary/aromatic N) is 3. The average molecular weight is 303 g/mol. The summed E-state index contributed by atoms with van der Waals surface area (Å²) in [7, 11) is 0. The molecule has 92 valence electrons. The van der Waals surface area contributed by atoms with Gasteiger partial charge in [0, 0.05) is 11.1 Å². The van der Waals surface area contributed by atoms with Gasteiger partial charge in [-0.05, 0) is 6.07 Å². The molecule has 3 rings (SSSR count). The third kappa shape index (κ3) is 2.11. The van der Waals surface area contributed by atoms with Gasteiger partial charge in [-0.3, -0.25) is 0 Å². The van der Waals surface area contributed by atoms with Gasteiger partial charge < -0.3 is 4.74 Å². The number of halogens is 3. The number of benzene rings is 1. The molecule has 0 saturated heterocycles. The predicted molar refractivity (Wildman–Crippen MR) is 68.8 cm³/mol. The van der Waals surface area contributed by atoms with E-state index in [4.69, 9.17) is 39.5 Å². The summed E-state index contributed by atoms with van der Waals surface area (Å²) in [5, 5.41) is 0. The molecule has 2 aromatic rings. The Morgan fingerprint density at radius 1 is 1.17 bits per heavy atom. The van der Waals surface area contributed by atoms with Gasteiger partial charge in [0.05, 0.1) is 0 Å². The third-order valence-corrected chi connectivity index (χ3v) is 3.04. The minimum Gasteiger partial charge on any atom is -0.488 e. The van der Waals surface area contributed by atoms with Crippen molar-refractivity contribution in [3.8, 4) is 17.1 Å². The Balaban J connectivity index is 2.03. The van der Waals surface area contributed by atoms with Crippen molar-refractivity contribution in [1.82, 2.24) is 15.0 Å². The van der Waals surface area contributed by atoms with Crippen LogP contribution in [0.5, 0.6) is 5.75 Å². The van der Waals surface area contributed by atoms with Crippen molar-refractivity contribution in [2.45, 2.75) is 10.4 Å². The minimum atomic E-state index is -1.66. The van der Waals surface area contributed by atoms with E-state index in [0.717, 1.165) is 16.9 Å². The SMILES string of the molecule is ClC(Cl)(Cl)c1ncnc(-c2ccc3c(c2)OC3)n1. The third-order valence-electron chi connectivity index (χ3n) is 2.53. The Labute approximate surface area is 118 Å². The van der Waals surface area contributed by atoms with Gasteiger partial charge in [-0.15, -0.1) is 0 Å². The van der Waals surface area contributed by atoms with Gasteiger partial charge in [-0.25, -0.2) is 15.0 Å². The van der Waals surface area contributed by atoms with Crippen molar-refractivity contribution in [2.24, 2.45) is 0 Å². The van der Waals surface area contributed by atoms with Gasteiger partial charge in [0.15, 0.2) is 11.6 Å². The number of ether oxygens (including phenoxy) is 1. The monoisotopic (exact) mass is 301 g/mol. The average Bonchev–Trinajstić information content (AvgIpc) is 2.30. The molecular formula is C11H6Cl3N3O. The molecule has 4 nitrogen and oxygen atoms in total. The van der Waals surface area contributed by atoms with Crippen LogP contribution in [-0.2, 0) is 10.4 Å². The van der Waals surface area contributed by atoms with Gasteiger partial charge in [0.1, 0.15) is 18.7 Å². The van der Waals surface area contributed by atoms with Crippen LogP contribution in [-0.4, -0.2) is 15.0 Å². The van der Waals surface area contributed by atoms with E-state index in [1.807, 2.05) is 18.2 Å². The highest BCUT2D eigenvalue weighted by molar-refractivity contribution is 6.66. The Kier molecular flexibility index (Phi) is 2.81. The van der Waals surface area contributed by atoms with Gasteiger partial charge >= 0.3 is 0 Å². The lowest BCUT2D eigenvalue weighted by atomic mass is 10.1. The topological polar surface area (TPSA) is 47.9 Å². The van der Waals surface area contributed by atoms with Crippen LogP contribution in [0.15, 0.2) is 24.5 Å². The molecule has 7 heteroatoms. The molecule has 0 radical (unpaired) electrons. The highest BCUT2D eigenvalue weighted by Crippen LogP contribution is 2.37. The molecule has 1 aromatic heterocycles. The quantitative estimate of drug-likeness (QED) is 0.759. The molecule has 1 aromatic carbocycles. The van der Waals surface area contributed by atoms with Crippen molar-refractivity contribution >= 4 is 34.8 Å². The summed E-state index contributed by atoms with van der Waals surface area (Å²) < 4.78 is 3.63. The molecule has 0 atom stereocenters. The zero-order valence-corrected chi connectivity index (χ0v) is 11.2. The Morgan fingerprint density at radius 2 is 2.00 bits per heavy atom. The number of hydrogen-bond donors (Lipinski definition) is 0. The first-order chi connectivity index (χ1) is 8.54. The fourth-order valence-corrected chi connectivity index (χ4v) is 1.87. The Bertz CT molecular complexity index is 613. The van der Waals surface area contributed by atoms with Crippen LogP contribution in [0, 0.1) is 0 Å². The second kappa shape index (κ2) is 4.23. The molecule has 2 heterocycles. The van der Waals surface area contributed by atoms with Crippen molar-refractivity contribution in [3.05, 3.63) is 35.9 Å². The maximum Gasteiger partial charge on any atom is 0.250 e. The van der Waals surface area contributed by atoms with E-state index in [-0.39, 0.29) is 5.82 Å². The highest BCUT2D eigenvalue weighted by Gasteiger charge is 2.27. The van der Waals surface area contributed by atoms with Crippen LogP contribution >= 0.6 is 34.8 Å². The van der Waals surface area contributed by atoms with Crippen LogP contribution < -0.4 is 4.74 Å². The van der Waals surface area contributed by atoms with E-state index in [9.17, 15) is 0 Å². The Hall–Kier alpha value is -1.10. The summed E-state index contributed by atoms with van der Waals surface area (Å²) in [5.74, 6) is 1.38. The van der Waals surface area contributed by atoms with E-state index in [2.05, 4.69) is 15.0 Å². The van der Waals surface area contributed by atoms with Crippen molar-refractivity contribution in [2.75, 3.05) is 0 Å². The molecular weight excluding hydrogens is 296 g/mol. The summed E-state index contributed by atoms with van der Waals surface area (Å²) in [4.78, 5) is 12.0. The lowest BCUT2D eigenvalue weighted by molar-refractivity contribution is 0.243. The molecule has 0 bridgehead atoms. The van der Waals surface area contributed by atoms with Gasteiger partial charge in [0.2, 0.25) is 3.79 Å². The minimum absolute atomic E-state index is 0.0982. The molecule has 1 aliphatic heterocycles. The van der Waals surface area contributed by atoms with E-state index in [1.165, 1.54) is 6.33 Å². The standard InChI is InChI=1S/C11H6Cl3N3O/c12-11(13,14)10-16-5-15-9(17-10)6-1-2-7-4-18-8(7)3-6/h1-3,5H,4H2. The smallest absolute Gasteiger partial charge is 0.250 e.